The number of carbonyl (C=O) groups is 2. The van der Waals surface area contributed by atoms with Crippen LogP contribution in [0.3, 0.4) is 0 Å². The first kappa shape index (κ1) is 22.6. The van der Waals surface area contributed by atoms with Gasteiger partial charge in [-0.3, -0.25) is 9.59 Å². The first-order chi connectivity index (χ1) is 15.0. The van der Waals surface area contributed by atoms with E-state index in [-0.39, 0.29) is 34.7 Å². The van der Waals surface area contributed by atoms with Gasteiger partial charge in [0.25, 0.3) is 0 Å². The summed E-state index contributed by atoms with van der Waals surface area (Å²) in [4.78, 5) is 27.3. The zero-order chi connectivity index (χ0) is 23.1. The molecule has 5 aliphatic rings. The molecular weight excluding hydrogens is 404 g/mol. The van der Waals surface area contributed by atoms with Crippen LogP contribution in [0.15, 0.2) is 0 Å². The molecule has 8 atom stereocenters. The minimum Gasteiger partial charge on any atom is -0.392 e. The van der Waals surface area contributed by atoms with E-state index < -0.39 is 23.0 Å². The molecule has 0 aromatic heterocycles. The Balaban J connectivity index is 1.33. The van der Waals surface area contributed by atoms with Gasteiger partial charge < -0.3 is 20.8 Å². The summed E-state index contributed by atoms with van der Waals surface area (Å²) in [5.41, 5.74) is -1.85. The normalized spacial score (nSPS) is 48.1. The Hall–Kier alpha value is -1.14. The third-order valence-electron chi connectivity index (χ3n) is 11.5. The Labute approximate surface area is 192 Å². The molecule has 2 amide bonds. The van der Waals surface area contributed by atoms with Crippen LogP contribution < -0.4 is 10.6 Å². The lowest BCUT2D eigenvalue weighted by molar-refractivity contribution is -0.147. The molecule has 0 aliphatic heterocycles. The van der Waals surface area contributed by atoms with Gasteiger partial charge in [-0.05, 0) is 74.0 Å². The third-order valence-corrected chi connectivity index (χ3v) is 11.5. The second-order valence-electron chi connectivity index (χ2n) is 12.8. The number of hydrogen-bond acceptors (Lipinski definition) is 4. The van der Waals surface area contributed by atoms with Crippen LogP contribution in [0.25, 0.3) is 0 Å². The van der Waals surface area contributed by atoms with E-state index in [1.807, 2.05) is 0 Å². The zero-order valence-electron chi connectivity index (χ0n) is 20.2. The molecule has 0 unspecified atom stereocenters. The number of nitrogens with one attached hydrogen (secondary N) is 2. The van der Waals surface area contributed by atoms with E-state index in [1.54, 1.807) is 0 Å². The van der Waals surface area contributed by atoms with E-state index in [9.17, 15) is 19.8 Å². The molecule has 4 N–H and O–H groups in total. The molecule has 4 bridgehead atoms. The van der Waals surface area contributed by atoms with E-state index >= 15 is 0 Å². The number of hydrogen-bond donors (Lipinski definition) is 4. The molecule has 5 rings (SSSR count). The van der Waals surface area contributed by atoms with Crippen molar-refractivity contribution in [3.63, 3.8) is 0 Å². The van der Waals surface area contributed by atoms with E-state index in [1.165, 1.54) is 0 Å². The molecule has 6 nitrogen and oxygen atoms in total. The fourth-order valence-corrected chi connectivity index (χ4v) is 9.04. The van der Waals surface area contributed by atoms with Crippen molar-refractivity contribution in [2.45, 2.75) is 116 Å². The van der Waals surface area contributed by atoms with Crippen molar-refractivity contribution in [2.75, 3.05) is 0 Å². The van der Waals surface area contributed by atoms with Gasteiger partial charge >= 0.3 is 0 Å². The molecule has 5 aliphatic carbocycles. The van der Waals surface area contributed by atoms with Gasteiger partial charge in [-0.2, -0.15) is 0 Å². The van der Waals surface area contributed by atoms with Crippen LogP contribution in [0.5, 0.6) is 0 Å². The Bertz CT molecular complexity index is 744. The highest BCUT2D eigenvalue weighted by Crippen LogP contribution is 2.67. The summed E-state index contributed by atoms with van der Waals surface area (Å²) in [7, 11) is 0. The van der Waals surface area contributed by atoms with E-state index in [4.69, 9.17) is 0 Å². The van der Waals surface area contributed by atoms with Crippen LogP contribution in [-0.4, -0.2) is 46.3 Å². The summed E-state index contributed by atoms with van der Waals surface area (Å²) < 4.78 is 0. The highest BCUT2D eigenvalue weighted by atomic mass is 16.3. The van der Waals surface area contributed by atoms with Crippen molar-refractivity contribution >= 4 is 11.8 Å². The smallest absolute Gasteiger partial charge is 0.229 e. The summed E-state index contributed by atoms with van der Waals surface area (Å²) in [6.45, 7) is 8.55. The van der Waals surface area contributed by atoms with E-state index in [2.05, 4.69) is 38.3 Å². The molecule has 0 heterocycles. The fraction of sp³-hybridized carbons (Fsp3) is 0.923. The summed E-state index contributed by atoms with van der Waals surface area (Å²) in [5, 5.41) is 28.3. The van der Waals surface area contributed by atoms with Crippen LogP contribution in [0.4, 0.5) is 0 Å². The lowest BCUT2D eigenvalue weighted by Crippen LogP contribution is -2.61. The van der Waals surface area contributed by atoms with Gasteiger partial charge in [0, 0.05) is 12.1 Å². The molecule has 180 valence electrons. The monoisotopic (exact) mass is 446 g/mol. The lowest BCUT2D eigenvalue weighted by Gasteiger charge is -2.43. The van der Waals surface area contributed by atoms with Crippen molar-refractivity contribution in [1.82, 2.24) is 10.6 Å². The highest BCUT2D eigenvalue weighted by molar-refractivity contribution is 5.87. The maximum Gasteiger partial charge on any atom is 0.229 e. The summed E-state index contributed by atoms with van der Waals surface area (Å²) in [6, 6.07) is -0.236. The zero-order valence-corrected chi connectivity index (χ0v) is 20.2. The van der Waals surface area contributed by atoms with Crippen LogP contribution in [0.1, 0.15) is 91.9 Å². The molecule has 0 spiro atoms. The average Bonchev–Trinajstić information content (AvgIpc) is 3.29. The molecular formula is C26H42N2O4. The summed E-state index contributed by atoms with van der Waals surface area (Å²) >= 11 is 0. The molecule has 5 fully saturated rings. The summed E-state index contributed by atoms with van der Waals surface area (Å²) in [6.07, 6.45) is 7.47. The Morgan fingerprint density at radius 2 is 1.06 bits per heavy atom. The molecule has 6 heteroatoms. The quantitative estimate of drug-likeness (QED) is 0.534. The van der Waals surface area contributed by atoms with Crippen molar-refractivity contribution in [1.29, 1.82) is 0 Å². The average molecular weight is 447 g/mol. The number of aliphatic hydroxyl groups excluding tert-OH is 2. The molecule has 32 heavy (non-hydrogen) atoms. The second-order valence-corrected chi connectivity index (χ2v) is 12.8. The first-order valence-corrected chi connectivity index (χ1v) is 13.0. The van der Waals surface area contributed by atoms with Crippen molar-refractivity contribution in [2.24, 2.45) is 33.5 Å². The van der Waals surface area contributed by atoms with Crippen LogP contribution in [0, 0.1) is 33.5 Å². The van der Waals surface area contributed by atoms with Crippen LogP contribution >= 0.6 is 0 Å². The standard InChI is InChI=1S/C26H42N2O4/c1-23(2)15-9-11-25(23,19(29)13-15)21(31)27-17-7-5-6-8-18(17)28-22(32)26-12-10-16(14-20(26)30)24(26,3)4/h15-20,29-30H,5-14H2,1-4H3,(H,27,31)(H,28,32)/t15-,16-,17-,18-,19+,20+,25-,26-/m0/s1. The lowest BCUT2D eigenvalue weighted by atomic mass is 9.67. The number of fused-ring (bicyclic) bond motifs is 4. The van der Waals surface area contributed by atoms with Gasteiger partial charge in [-0.1, -0.05) is 40.5 Å². The van der Waals surface area contributed by atoms with Gasteiger partial charge in [-0.25, -0.2) is 0 Å². The summed E-state index contributed by atoms with van der Waals surface area (Å²) in [5.74, 6) is 0.735. The maximum absolute atomic E-state index is 13.7. The van der Waals surface area contributed by atoms with Crippen molar-refractivity contribution < 1.29 is 19.8 Å². The van der Waals surface area contributed by atoms with Crippen LogP contribution in [0.2, 0.25) is 0 Å². The van der Waals surface area contributed by atoms with Gasteiger partial charge in [0.2, 0.25) is 11.8 Å². The van der Waals surface area contributed by atoms with Crippen molar-refractivity contribution in [3.05, 3.63) is 0 Å². The molecule has 0 aromatic rings. The second kappa shape index (κ2) is 7.18. The Morgan fingerprint density at radius 3 is 1.34 bits per heavy atom. The van der Waals surface area contributed by atoms with Crippen molar-refractivity contribution in [3.8, 4) is 0 Å². The Kier molecular flexibility index (Phi) is 5.08. The predicted molar refractivity (Wildman–Crippen MR) is 121 cm³/mol. The molecule has 0 aromatic carbocycles. The molecule has 5 saturated carbocycles. The first-order valence-electron chi connectivity index (χ1n) is 13.0. The predicted octanol–water partition coefficient (Wildman–Crippen LogP) is 2.90. The van der Waals surface area contributed by atoms with Gasteiger partial charge in [0.1, 0.15) is 0 Å². The topological polar surface area (TPSA) is 98.7 Å². The van der Waals surface area contributed by atoms with E-state index in [0.29, 0.717) is 24.7 Å². The van der Waals surface area contributed by atoms with Gasteiger partial charge in [-0.15, -0.1) is 0 Å². The van der Waals surface area contributed by atoms with Gasteiger partial charge in [0.15, 0.2) is 0 Å². The minimum absolute atomic E-state index is 0.0264. The highest BCUT2D eigenvalue weighted by Gasteiger charge is 2.69. The largest absolute Gasteiger partial charge is 0.392 e. The number of carbonyl (C=O) groups excluding carboxylic acids is 2. The van der Waals surface area contributed by atoms with Crippen LogP contribution in [-0.2, 0) is 9.59 Å². The number of rotatable bonds is 4. The number of amides is 2. The van der Waals surface area contributed by atoms with E-state index in [0.717, 1.165) is 51.4 Å². The Morgan fingerprint density at radius 1 is 0.688 bits per heavy atom. The fourth-order valence-electron chi connectivity index (χ4n) is 9.04. The number of aliphatic hydroxyl groups is 2. The third kappa shape index (κ3) is 2.65. The maximum atomic E-state index is 13.7. The molecule has 0 saturated heterocycles. The SMILES string of the molecule is CC1(C)[C@H]2CC[C@@]1(C(=O)N[C@H]1CCCC[C@@H]1NC(=O)[C@]13CC[C@@H](C[C@H]1O)C3(C)C)[C@H](O)C2. The molecule has 0 radical (unpaired) electrons. The van der Waals surface area contributed by atoms with Gasteiger partial charge in [0.05, 0.1) is 23.0 Å². The minimum atomic E-state index is -0.718.